The van der Waals surface area contributed by atoms with Crippen LogP contribution >= 0.6 is 15.9 Å². The molecule has 0 aliphatic rings. The number of aliphatic hydroxyl groups excluding tert-OH is 1. The van der Waals surface area contributed by atoms with Gasteiger partial charge in [0.05, 0.1) is 14.2 Å². The standard InChI is InChI=1S/C14H19BrO4/c1-14(2,3)10-7-8(15)6-9(12(10)18-4)11(16)13(17)19-5/h6-7,11,16H,1-5H3. The molecule has 5 heteroatoms. The summed E-state index contributed by atoms with van der Waals surface area (Å²) in [6.07, 6.45) is -1.36. The third-order valence-electron chi connectivity index (χ3n) is 2.81. The zero-order chi connectivity index (χ0) is 14.8. The summed E-state index contributed by atoms with van der Waals surface area (Å²) in [7, 11) is 2.76. The van der Waals surface area contributed by atoms with E-state index in [1.54, 1.807) is 6.07 Å². The van der Waals surface area contributed by atoms with Crippen LogP contribution in [-0.4, -0.2) is 25.3 Å². The van der Waals surface area contributed by atoms with Crippen molar-refractivity contribution in [3.8, 4) is 5.75 Å². The van der Waals surface area contributed by atoms with Crippen molar-refractivity contribution in [3.05, 3.63) is 27.7 Å². The van der Waals surface area contributed by atoms with E-state index in [1.165, 1.54) is 14.2 Å². The van der Waals surface area contributed by atoms with E-state index in [2.05, 4.69) is 20.7 Å². The fraction of sp³-hybridized carbons (Fsp3) is 0.500. The van der Waals surface area contributed by atoms with E-state index >= 15 is 0 Å². The van der Waals surface area contributed by atoms with E-state index in [-0.39, 0.29) is 5.41 Å². The Morgan fingerprint density at radius 1 is 1.32 bits per heavy atom. The van der Waals surface area contributed by atoms with Crippen LogP contribution in [0.25, 0.3) is 0 Å². The Kier molecular flexibility index (Phi) is 4.98. The highest BCUT2D eigenvalue weighted by atomic mass is 79.9. The molecule has 106 valence electrons. The van der Waals surface area contributed by atoms with Gasteiger partial charge in [0.1, 0.15) is 5.75 Å². The molecule has 1 aromatic carbocycles. The van der Waals surface area contributed by atoms with E-state index in [0.29, 0.717) is 11.3 Å². The van der Waals surface area contributed by atoms with E-state index in [9.17, 15) is 9.90 Å². The molecule has 0 bridgehead atoms. The summed E-state index contributed by atoms with van der Waals surface area (Å²) in [5, 5.41) is 10.0. The van der Waals surface area contributed by atoms with Crippen LogP contribution in [0.15, 0.2) is 16.6 Å². The van der Waals surface area contributed by atoms with Crippen molar-refractivity contribution < 1.29 is 19.4 Å². The first-order valence-electron chi connectivity index (χ1n) is 5.86. The minimum Gasteiger partial charge on any atom is -0.496 e. The molecule has 1 aromatic rings. The third-order valence-corrected chi connectivity index (χ3v) is 3.27. The molecule has 0 heterocycles. The van der Waals surface area contributed by atoms with Crippen LogP contribution in [-0.2, 0) is 14.9 Å². The Bertz CT molecular complexity index is 477. The molecule has 0 fully saturated rings. The molecule has 0 saturated heterocycles. The second-order valence-corrected chi connectivity index (χ2v) is 6.17. The molecular formula is C14H19BrO4. The summed E-state index contributed by atoms with van der Waals surface area (Å²) in [6.45, 7) is 6.10. The van der Waals surface area contributed by atoms with Gasteiger partial charge >= 0.3 is 5.97 Å². The van der Waals surface area contributed by atoms with Crippen molar-refractivity contribution in [1.82, 2.24) is 0 Å². The molecular weight excluding hydrogens is 312 g/mol. The number of hydrogen-bond donors (Lipinski definition) is 1. The minimum absolute atomic E-state index is 0.181. The Hall–Kier alpha value is -1.07. The van der Waals surface area contributed by atoms with Gasteiger partial charge in [0.25, 0.3) is 0 Å². The van der Waals surface area contributed by atoms with Crippen LogP contribution in [0.1, 0.15) is 38.0 Å². The van der Waals surface area contributed by atoms with Crippen LogP contribution < -0.4 is 4.74 Å². The van der Waals surface area contributed by atoms with Gasteiger partial charge in [-0.25, -0.2) is 4.79 Å². The topological polar surface area (TPSA) is 55.8 Å². The maximum atomic E-state index is 11.5. The van der Waals surface area contributed by atoms with Gasteiger partial charge in [-0.05, 0) is 17.5 Å². The first kappa shape index (κ1) is 16.0. The lowest BCUT2D eigenvalue weighted by atomic mass is 9.84. The van der Waals surface area contributed by atoms with Crippen LogP contribution in [0.3, 0.4) is 0 Å². The Morgan fingerprint density at radius 3 is 2.32 bits per heavy atom. The maximum Gasteiger partial charge on any atom is 0.339 e. The van der Waals surface area contributed by atoms with Gasteiger partial charge in [-0.3, -0.25) is 0 Å². The summed E-state index contributed by atoms with van der Waals surface area (Å²) >= 11 is 3.39. The number of methoxy groups -OCH3 is 2. The van der Waals surface area contributed by atoms with Crippen LogP contribution in [0, 0.1) is 0 Å². The molecule has 0 radical (unpaired) electrons. The summed E-state index contributed by atoms with van der Waals surface area (Å²) in [4.78, 5) is 11.5. The van der Waals surface area contributed by atoms with E-state index in [4.69, 9.17) is 4.74 Å². The number of carbonyl (C=O) groups is 1. The number of esters is 1. The smallest absolute Gasteiger partial charge is 0.339 e. The van der Waals surface area contributed by atoms with Crippen molar-refractivity contribution in [2.24, 2.45) is 0 Å². The first-order valence-corrected chi connectivity index (χ1v) is 6.65. The second kappa shape index (κ2) is 5.92. The Morgan fingerprint density at radius 2 is 1.89 bits per heavy atom. The molecule has 0 spiro atoms. The highest BCUT2D eigenvalue weighted by molar-refractivity contribution is 9.10. The molecule has 1 N–H and O–H groups in total. The average molecular weight is 331 g/mol. The number of ether oxygens (including phenoxy) is 2. The molecule has 4 nitrogen and oxygen atoms in total. The third kappa shape index (κ3) is 3.48. The van der Waals surface area contributed by atoms with Gasteiger partial charge in [0.2, 0.25) is 0 Å². The number of hydrogen-bond acceptors (Lipinski definition) is 4. The van der Waals surface area contributed by atoms with Gasteiger partial charge in [0, 0.05) is 15.6 Å². The number of halogens is 1. The summed E-state index contributed by atoms with van der Waals surface area (Å²) in [5.74, 6) is -0.204. The fourth-order valence-electron chi connectivity index (χ4n) is 1.84. The second-order valence-electron chi connectivity index (χ2n) is 5.25. The predicted octanol–water partition coefficient (Wildman–Crippen LogP) is 2.96. The summed E-state index contributed by atoms with van der Waals surface area (Å²) < 4.78 is 10.7. The number of carbonyl (C=O) groups excluding carboxylic acids is 1. The summed E-state index contributed by atoms with van der Waals surface area (Å²) in [5.41, 5.74) is 1.12. The molecule has 1 unspecified atom stereocenters. The normalized spacial score (nSPS) is 13.0. The Balaban J connectivity index is 3.48. The van der Waals surface area contributed by atoms with Crippen molar-refractivity contribution in [3.63, 3.8) is 0 Å². The van der Waals surface area contributed by atoms with Gasteiger partial charge in [-0.1, -0.05) is 36.7 Å². The first-order chi connectivity index (χ1) is 8.72. The lowest BCUT2D eigenvalue weighted by Gasteiger charge is -2.25. The van der Waals surface area contributed by atoms with E-state index in [1.807, 2.05) is 26.8 Å². The van der Waals surface area contributed by atoms with Crippen molar-refractivity contribution >= 4 is 21.9 Å². The molecule has 1 rings (SSSR count). The highest BCUT2D eigenvalue weighted by Crippen LogP contribution is 2.39. The maximum absolute atomic E-state index is 11.5. The number of aliphatic hydroxyl groups is 1. The lowest BCUT2D eigenvalue weighted by molar-refractivity contribution is -0.150. The van der Waals surface area contributed by atoms with Gasteiger partial charge in [-0.15, -0.1) is 0 Å². The van der Waals surface area contributed by atoms with Crippen molar-refractivity contribution in [2.75, 3.05) is 14.2 Å². The largest absolute Gasteiger partial charge is 0.496 e. The van der Waals surface area contributed by atoms with Gasteiger partial charge in [-0.2, -0.15) is 0 Å². The van der Waals surface area contributed by atoms with Gasteiger partial charge in [0.15, 0.2) is 6.10 Å². The lowest BCUT2D eigenvalue weighted by Crippen LogP contribution is -2.18. The van der Waals surface area contributed by atoms with E-state index < -0.39 is 12.1 Å². The molecule has 0 saturated carbocycles. The zero-order valence-corrected chi connectivity index (χ0v) is 13.4. The van der Waals surface area contributed by atoms with Gasteiger partial charge < -0.3 is 14.6 Å². The summed E-state index contributed by atoms with van der Waals surface area (Å²) in [6, 6.07) is 3.59. The van der Waals surface area contributed by atoms with Crippen molar-refractivity contribution in [1.29, 1.82) is 0 Å². The molecule has 19 heavy (non-hydrogen) atoms. The van der Waals surface area contributed by atoms with E-state index in [0.717, 1.165) is 10.0 Å². The molecule has 0 aliphatic carbocycles. The Labute approximate surface area is 121 Å². The number of rotatable bonds is 3. The molecule has 0 amide bonds. The molecule has 0 aliphatic heterocycles. The van der Waals surface area contributed by atoms with Crippen LogP contribution in [0.4, 0.5) is 0 Å². The predicted molar refractivity (Wildman–Crippen MR) is 76.4 cm³/mol. The monoisotopic (exact) mass is 330 g/mol. The van der Waals surface area contributed by atoms with Crippen LogP contribution in [0.2, 0.25) is 0 Å². The zero-order valence-electron chi connectivity index (χ0n) is 11.8. The number of benzene rings is 1. The molecule has 0 aromatic heterocycles. The quantitative estimate of drug-likeness (QED) is 0.865. The molecule has 1 atom stereocenters. The van der Waals surface area contributed by atoms with Crippen molar-refractivity contribution in [2.45, 2.75) is 32.3 Å². The minimum atomic E-state index is -1.36. The highest BCUT2D eigenvalue weighted by Gasteiger charge is 2.28. The fourth-order valence-corrected chi connectivity index (χ4v) is 2.32. The SMILES string of the molecule is COC(=O)C(O)c1cc(Br)cc(C(C)(C)C)c1OC. The average Bonchev–Trinajstić information content (AvgIpc) is 2.34. The van der Waals surface area contributed by atoms with Crippen LogP contribution in [0.5, 0.6) is 5.75 Å².